The zero-order valence-electron chi connectivity index (χ0n) is 10.3. The molecule has 0 aliphatic rings. The van der Waals surface area contributed by atoms with Crippen molar-refractivity contribution < 1.29 is 13.9 Å². The van der Waals surface area contributed by atoms with E-state index in [0.29, 0.717) is 12.0 Å². The minimum absolute atomic E-state index is 0.0858. The molecule has 3 nitrogen and oxygen atoms in total. The zero-order valence-corrected chi connectivity index (χ0v) is 10.3. The third kappa shape index (κ3) is 3.37. The highest BCUT2D eigenvalue weighted by molar-refractivity contribution is 5.79. The molecule has 0 aliphatic heterocycles. The Bertz CT molecular complexity index is 470. The minimum Gasteiger partial charge on any atom is -0.385 e. The first-order valence-corrected chi connectivity index (χ1v) is 5.55. The van der Waals surface area contributed by atoms with Crippen LogP contribution in [0.1, 0.15) is 20.3 Å². The third-order valence-corrected chi connectivity index (χ3v) is 2.78. The lowest BCUT2D eigenvalue weighted by molar-refractivity contribution is 0.101. The van der Waals surface area contributed by atoms with Crippen molar-refractivity contribution >= 4 is 11.9 Å². The Morgan fingerprint density at radius 3 is 2.67 bits per heavy atom. The summed E-state index contributed by atoms with van der Waals surface area (Å²) in [6.45, 7) is 3.34. The second-order valence-corrected chi connectivity index (χ2v) is 4.14. The quantitative estimate of drug-likeness (QED) is 0.707. The van der Waals surface area contributed by atoms with E-state index in [1.54, 1.807) is 13.8 Å². The first-order valence-electron chi connectivity index (χ1n) is 5.55. The Balaban J connectivity index is 2.93. The number of nitrogens with one attached hydrogen (secondary N) is 2. The smallest absolute Gasteiger partial charge is 0.149 e. The Morgan fingerprint density at radius 1 is 1.50 bits per heavy atom. The molecule has 0 bridgehead atoms. The lowest BCUT2D eigenvalue weighted by Gasteiger charge is -2.22. The van der Waals surface area contributed by atoms with Crippen LogP contribution in [0.25, 0.3) is 0 Å². The topological polar surface area (TPSA) is 56.1 Å². The van der Waals surface area contributed by atoms with Gasteiger partial charge in [-0.15, -0.1) is 0 Å². The van der Waals surface area contributed by atoms with Crippen LogP contribution in [0.3, 0.4) is 0 Å². The van der Waals surface area contributed by atoms with E-state index in [-0.39, 0.29) is 5.69 Å². The van der Waals surface area contributed by atoms with Crippen molar-refractivity contribution in [2.45, 2.75) is 25.9 Å². The highest BCUT2D eigenvalue weighted by atomic mass is 19.1. The molecule has 0 fully saturated rings. The van der Waals surface area contributed by atoms with Gasteiger partial charge in [-0.3, -0.25) is 0 Å². The number of halogens is 2. The van der Waals surface area contributed by atoms with Crippen molar-refractivity contribution in [3.8, 4) is 0 Å². The summed E-state index contributed by atoms with van der Waals surface area (Å²) in [5.74, 6) is -1.39. The van der Waals surface area contributed by atoms with Gasteiger partial charge in [0, 0.05) is 24.1 Å². The van der Waals surface area contributed by atoms with Crippen LogP contribution < -0.4 is 5.32 Å². The van der Waals surface area contributed by atoms with Gasteiger partial charge >= 0.3 is 0 Å². The summed E-state index contributed by atoms with van der Waals surface area (Å²) in [6, 6.07) is 3.14. The van der Waals surface area contributed by atoms with Crippen molar-refractivity contribution in [1.82, 2.24) is 0 Å². The predicted octanol–water partition coefficient (Wildman–Crippen LogP) is 3.07. The molecule has 0 aromatic heterocycles. The second-order valence-electron chi connectivity index (χ2n) is 4.14. The monoisotopic (exact) mass is 254 g/mol. The Labute approximate surface area is 105 Å². The van der Waals surface area contributed by atoms with Gasteiger partial charge in [0.1, 0.15) is 11.6 Å². The van der Waals surface area contributed by atoms with Gasteiger partial charge in [-0.05, 0) is 25.5 Å². The molecule has 18 heavy (non-hydrogen) atoms. The molecule has 5 heteroatoms. The first kappa shape index (κ1) is 14.3. The maximum atomic E-state index is 13.3. The Hall–Kier alpha value is -1.75. The summed E-state index contributed by atoms with van der Waals surface area (Å²) in [6.07, 6.45) is 2.76. The van der Waals surface area contributed by atoms with E-state index in [9.17, 15) is 13.9 Å². The summed E-state index contributed by atoms with van der Waals surface area (Å²) in [7, 11) is 0. The average Bonchev–Trinajstić information content (AvgIpc) is 2.32. The van der Waals surface area contributed by atoms with Gasteiger partial charge in [0.2, 0.25) is 0 Å². The third-order valence-electron chi connectivity index (χ3n) is 2.78. The number of hydrogen-bond donors (Lipinski definition) is 3. The second kappa shape index (κ2) is 5.73. The molecule has 1 rings (SSSR count). The number of aliphatic hydroxyl groups is 1. The first-order chi connectivity index (χ1) is 8.40. The number of anilines is 1. The van der Waals surface area contributed by atoms with Crippen molar-refractivity contribution in [3.05, 3.63) is 41.6 Å². The van der Waals surface area contributed by atoms with Crippen LogP contribution in [0, 0.1) is 17.0 Å². The van der Waals surface area contributed by atoms with E-state index in [1.165, 1.54) is 12.3 Å². The van der Waals surface area contributed by atoms with E-state index in [0.717, 1.165) is 18.3 Å². The lowest BCUT2D eigenvalue weighted by atomic mass is 9.94. The molecule has 0 radical (unpaired) electrons. The van der Waals surface area contributed by atoms with Gasteiger partial charge < -0.3 is 15.8 Å². The van der Waals surface area contributed by atoms with E-state index in [1.807, 2.05) is 0 Å². The molecule has 0 saturated heterocycles. The molecule has 1 unspecified atom stereocenters. The van der Waals surface area contributed by atoms with Gasteiger partial charge in [-0.2, -0.15) is 0 Å². The number of rotatable bonds is 5. The van der Waals surface area contributed by atoms with Gasteiger partial charge in [0.25, 0.3) is 0 Å². The number of benzene rings is 1. The molecule has 0 spiro atoms. The Morgan fingerprint density at radius 2 is 2.17 bits per heavy atom. The van der Waals surface area contributed by atoms with Crippen LogP contribution in [0.5, 0.6) is 0 Å². The van der Waals surface area contributed by atoms with E-state index in [2.05, 4.69) is 5.32 Å². The molecule has 0 aliphatic carbocycles. The minimum atomic E-state index is -1.16. The largest absolute Gasteiger partial charge is 0.385 e. The van der Waals surface area contributed by atoms with Crippen molar-refractivity contribution in [2.24, 2.45) is 0 Å². The zero-order chi connectivity index (χ0) is 13.8. The highest BCUT2D eigenvalue weighted by Crippen LogP contribution is 2.20. The van der Waals surface area contributed by atoms with E-state index >= 15 is 0 Å². The van der Waals surface area contributed by atoms with Gasteiger partial charge in [0.15, 0.2) is 0 Å². The molecule has 0 amide bonds. The average molecular weight is 254 g/mol. The molecule has 1 atom stereocenters. The molecule has 1 aromatic carbocycles. The normalized spacial score (nSPS) is 15.1. The molecule has 0 saturated carbocycles. The van der Waals surface area contributed by atoms with Crippen LogP contribution in [0.2, 0.25) is 0 Å². The van der Waals surface area contributed by atoms with Gasteiger partial charge in [0.05, 0.1) is 11.3 Å². The SMILES string of the molecule is CCC(C)(O)/C(C=N)=C/Nc1ccc(F)cc1F. The maximum absolute atomic E-state index is 13.3. The molecular formula is C13H16F2N2O. The molecular weight excluding hydrogens is 238 g/mol. The van der Waals surface area contributed by atoms with Crippen molar-refractivity contribution in [3.63, 3.8) is 0 Å². The van der Waals surface area contributed by atoms with Crippen molar-refractivity contribution in [2.75, 3.05) is 5.32 Å². The summed E-state index contributed by atoms with van der Waals surface area (Å²) < 4.78 is 26.0. The molecule has 0 heterocycles. The maximum Gasteiger partial charge on any atom is 0.149 e. The fourth-order valence-electron chi connectivity index (χ4n) is 1.32. The van der Waals surface area contributed by atoms with Gasteiger partial charge in [-0.1, -0.05) is 6.92 Å². The standard InChI is InChI=1S/C13H16F2N2O/c1-3-13(2,18)9(7-16)8-17-12-5-4-10(14)6-11(12)15/h4-8,16-18H,3H2,1-2H3/b9-8+,16-7?. The highest BCUT2D eigenvalue weighted by Gasteiger charge is 2.21. The van der Waals surface area contributed by atoms with Crippen LogP contribution >= 0.6 is 0 Å². The van der Waals surface area contributed by atoms with E-state index < -0.39 is 17.2 Å². The van der Waals surface area contributed by atoms with Gasteiger partial charge in [-0.25, -0.2) is 8.78 Å². The summed E-state index contributed by atoms with van der Waals surface area (Å²) in [5.41, 5.74) is -0.762. The molecule has 3 N–H and O–H groups in total. The summed E-state index contributed by atoms with van der Waals surface area (Å²) in [4.78, 5) is 0. The summed E-state index contributed by atoms with van der Waals surface area (Å²) >= 11 is 0. The molecule has 98 valence electrons. The fraction of sp³-hybridized carbons (Fsp3) is 0.308. The molecule has 1 aromatic rings. The van der Waals surface area contributed by atoms with Crippen LogP contribution in [0.4, 0.5) is 14.5 Å². The fourth-order valence-corrected chi connectivity index (χ4v) is 1.32. The predicted molar refractivity (Wildman–Crippen MR) is 67.8 cm³/mol. The van der Waals surface area contributed by atoms with Crippen molar-refractivity contribution in [1.29, 1.82) is 5.41 Å². The number of hydrogen-bond acceptors (Lipinski definition) is 3. The Kier molecular flexibility index (Phi) is 4.55. The summed E-state index contributed by atoms with van der Waals surface area (Å²) in [5, 5.41) is 19.8. The van der Waals surface area contributed by atoms with Crippen LogP contribution in [-0.4, -0.2) is 16.9 Å². The lowest BCUT2D eigenvalue weighted by Crippen LogP contribution is -2.27. The van der Waals surface area contributed by atoms with Crippen LogP contribution in [0.15, 0.2) is 30.0 Å². The van der Waals surface area contributed by atoms with Crippen LogP contribution in [-0.2, 0) is 0 Å². The van der Waals surface area contributed by atoms with E-state index in [4.69, 9.17) is 5.41 Å².